The van der Waals surface area contributed by atoms with E-state index < -0.39 is 10.8 Å². The van der Waals surface area contributed by atoms with Crippen molar-refractivity contribution in [3.63, 3.8) is 0 Å². The summed E-state index contributed by atoms with van der Waals surface area (Å²) in [6.45, 7) is 0.507. The lowest BCUT2D eigenvalue weighted by atomic mass is 9.86. The third kappa shape index (κ3) is 4.67. The van der Waals surface area contributed by atoms with E-state index in [9.17, 15) is 9.00 Å². The van der Waals surface area contributed by atoms with Crippen LogP contribution in [0.2, 0.25) is 0 Å². The molecule has 0 radical (unpaired) electrons. The van der Waals surface area contributed by atoms with Crippen molar-refractivity contribution in [2.24, 2.45) is 17.8 Å². The lowest BCUT2D eigenvalue weighted by molar-refractivity contribution is -0.117. The maximum atomic E-state index is 12.3. The number of rotatable bonds is 8. The number of ether oxygens (including phenoxy) is 1. The molecule has 132 valence electrons. The number of methoxy groups -OCH3 is 1. The van der Waals surface area contributed by atoms with Gasteiger partial charge in [0.15, 0.2) is 0 Å². The fraction of sp³-hybridized carbons (Fsp3) is 0.632. The van der Waals surface area contributed by atoms with E-state index in [-0.39, 0.29) is 5.91 Å². The zero-order valence-corrected chi connectivity index (χ0v) is 15.1. The maximum absolute atomic E-state index is 12.3. The molecular formula is C19H27NO3S. The average molecular weight is 349 g/mol. The van der Waals surface area contributed by atoms with Crippen LogP contribution in [0, 0.1) is 17.8 Å². The summed E-state index contributed by atoms with van der Waals surface area (Å²) in [5.74, 6) is 3.38. The molecular weight excluding hydrogens is 322 g/mol. The first-order valence-corrected chi connectivity index (χ1v) is 10.4. The van der Waals surface area contributed by atoms with Gasteiger partial charge in [0.2, 0.25) is 5.91 Å². The molecule has 4 nitrogen and oxygen atoms in total. The molecule has 2 fully saturated rings. The summed E-state index contributed by atoms with van der Waals surface area (Å²) in [5.41, 5.74) is 1.80. The maximum Gasteiger partial charge on any atom is 0.224 e. The molecule has 1 aromatic rings. The van der Waals surface area contributed by atoms with Crippen molar-refractivity contribution < 1.29 is 13.7 Å². The highest BCUT2D eigenvalue weighted by molar-refractivity contribution is 7.84. The molecule has 2 bridgehead atoms. The minimum absolute atomic E-state index is 0.116. The van der Waals surface area contributed by atoms with Crippen molar-refractivity contribution >= 4 is 22.4 Å². The van der Waals surface area contributed by atoms with Crippen LogP contribution in [-0.4, -0.2) is 29.6 Å². The number of hydrogen-bond donors (Lipinski definition) is 1. The van der Waals surface area contributed by atoms with Crippen LogP contribution in [-0.2, 0) is 26.1 Å². The smallest absolute Gasteiger partial charge is 0.224 e. The van der Waals surface area contributed by atoms with E-state index in [1.807, 2.05) is 24.3 Å². The van der Waals surface area contributed by atoms with Crippen molar-refractivity contribution in [3.05, 3.63) is 29.8 Å². The molecule has 1 aromatic carbocycles. The summed E-state index contributed by atoms with van der Waals surface area (Å²) in [6.07, 6.45) is 5.89. The molecule has 1 N–H and O–H groups in total. The molecule has 0 aromatic heterocycles. The molecule has 5 heteroatoms. The molecule has 3 rings (SSSR count). The van der Waals surface area contributed by atoms with Gasteiger partial charge in [-0.3, -0.25) is 9.00 Å². The lowest BCUT2D eigenvalue weighted by Gasteiger charge is -2.21. The van der Waals surface area contributed by atoms with Gasteiger partial charge < -0.3 is 10.1 Å². The van der Waals surface area contributed by atoms with Crippen molar-refractivity contribution in [2.45, 2.75) is 37.9 Å². The van der Waals surface area contributed by atoms with Crippen LogP contribution in [0.1, 0.15) is 37.7 Å². The molecule has 1 amide bonds. The number of benzene rings is 1. The highest BCUT2D eigenvalue weighted by Gasteiger charge is 2.40. The Kier molecular flexibility index (Phi) is 6.06. The molecule has 0 spiro atoms. The van der Waals surface area contributed by atoms with Gasteiger partial charge in [0.05, 0.1) is 6.61 Å². The van der Waals surface area contributed by atoms with Crippen molar-refractivity contribution in [1.82, 2.24) is 0 Å². The molecule has 2 aliphatic carbocycles. The molecule has 0 unspecified atom stereocenters. The minimum atomic E-state index is -0.934. The van der Waals surface area contributed by atoms with Gasteiger partial charge in [0, 0.05) is 41.5 Å². The van der Waals surface area contributed by atoms with E-state index in [0.29, 0.717) is 30.5 Å². The molecule has 0 heterocycles. The Morgan fingerprint density at radius 3 is 2.92 bits per heavy atom. The van der Waals surface area contributed by atoms with Crippen molar-refractivity contribution in [2.75, 3.05) is 24.8 Å². The standard InChI is InChI=1S/C19H27NO3S/c1-23-7-8-24(22)13-15-3-2-4-18(11-15)20-19(21)12-17-10-14-5-6-16(17)9-14/h2-4,11,14,16-17H,5-10,12-13H2,1H3,(H,20,21)/t14-,16-,17+,24-/m0/s1. The second-order valence-electron chi connectivity index (χ2n) is 7.17. The molecule has 2 saturated carbocycles. The summed E-state index contributed by atoms with van der Waals surface area (Å²) in [6, 6.07) is 7.70. The Labute approximate surface area is 146 Å². The third-order valence-electron chi connectivity index (χ3n) is 5.39. The molecule has 4 atom stereocenters. The Morgan fingerprint density at radius 2 is 2.21 bits per heavy atom. The van der Waals surface area contributed by atoms with Gasteiger partial charge in [-0.15, -0.1) is 0 Å². The Balaban J connectivity index is 1.50. The second-order valence-corrected chi connectivity index (χ2v) is 8.75. The topological polar surface area (TPSA) is 55.4 Å². The Morgan fingerprint density at radius 1 is 1.33 bits per heavy atom. The predicted molar refractivity (Wildman–Crippen MR) is 97.2 cm³/mol. The van der Waals surface area contributed by atoms with Crippen LogP contribution in [0.4, 0.5) is 5.69 Å². The van der Waals surface area contributed by atoms with Crippen LogP contribution in [0.25, 0.3) is 0 Å². The highest BCUT2D eigenvalue weighted by Crippen LogP contribution is 2.49. The zero-order valence-electron chi connectivity index (χ0n) is 14.3. The predicted octanol–water partition coefficient (Wildman–Crippen LogP) is 3.35. The third-order valence-corrected chi connectivity index (χ3v) is 6.66. The molecule has 24 heavy (non-hydrogen) atoms. The van der Waals surface area contributed by atoms with Gasteiger partial charge >= 0.3 is 0 Å². The number of carbonyl (C=O) groups is 1. The average Bonchev–Trinajstić information content (AvgIpc) is 3.16. The number of amides is 1. The van der Waals surface area contributed by atoms with Crippen molar-refractivity contribution in [3.8, 4) is 0 Å². The Bertz CT molecular complexity index is 604. The fourth-order valence-corrected chi connectivity index (χ4v) is 5.30. The van der Waals surface area contributed by atoms with Crippen LogP contribution >= 0.6 is 0 Å². The van der Waals surface area contributed by atoms with E-state index in [2.05, 4.69) is 5.32 Å². The monoisotopic (exact) mass is 349 g/mol. The van der Waals surface area contributed by atoms with Gasteiger partial charge in [0.25, 0.3) is 0 Å². The van der Waals surface area contributed by atoms with Crippen LogP contribution < -0.4 is 5.32 Å². The molecule has 2 aliphatic rings. The number of hydrogen-bond acceptors (Lipinski definition) is 3. The van der Waals surface area contributed by atoms with Crippen LogP contribution in [0.5, 0.6) is 0 Å². The summed E-state index contributed by atoms with van der Waals surface area (Å²) in [5, 5.41) is 3.02. The number of carbonyl (C=O) groups excluding carboxylic acids is 1. The normalized spacial score (nSPS) is 26.5. The molecule has 0 saturated heterocycles. The number of fused-ring (bicyclic) bond motifs is 2. The quantitative estimate of drug-likeness (QED) is 0.783. The van der Waals surface area contributed by atoms with Gasteiger partial charge in [-0.25, -0.2) is 0 Å². The number of nitrogens with one attached hydrogen (secondary N) is 1. The van der Waals surface area contributed by atoms with Crippen molar-refractivity contribution in [1.29, 1.82) is 0 Å². The molecule has 0 aliphatic heterocycles. The SMILES string of the molecule is COCC[S@](=O)Cc1cccc(NC(=O)C[C@H]2C[C@H]3CC[C@H]2C3)c1. The first-order chi connectivity index (χ1) is 11.6. The summed E-state index contributed by atoms with van der Waals surface area (Å²) in [7, 11) is 0.680. The minimum Gasteiger partial charge on any atom is -0.384 e. The first kappa shape index (κ1) is 17.6. The van der Waals surface area contributed by atoms with Gasteiger partial charge in [-0.05, 0) is 54.7 Å². The first-order valence-electron chi connectivity index (χ1n) is 8.86. The van der Waals surface area contributed by atoms with Crippen LogP contribution in [0.3, 0.4) is 0 Å². The van der Waals surface area contributed by atoms with E-state index in [0.717, 1.165) is 23.1 Å². The van der Waals surface area contributed by atoms with Gasteiger partial charge in [0.1, 0.15) is 0 Å². The van der Waals surface area contributed by atoms with E-state index >= 15 is 0 Å². The Hall–Kier alpha value is -1.20. The summed E-state index contributed by atoms with van der Waals surface area (Å²) in [4.78, 5) is 12.3. The summed E-state index contributed by atoms with van der Waals surface area (Å²) >= 11 is 0. The fourth-order valence-electron chi connectivity index (χ4n) is 4.25. The van der Waals surface area contributed by atoms with Gasteiger partial charge in [-0.2, -0.15) is 0 Å². The van der Waals surface area contributed by atoms with Gasteiger partial charge in [-0.1, -0.05) is 18.6 Å². The summed E-state index contributed by atoms with van der Waals surface area (Å²) < 4.78 is 16.9. The zero-order chi connectivity index (χ0) is 16.9. The number of anilines is 1. The largest absolute Gasteiger partial charge is 0.384 e. The van der Waals surface area contributed by atoms with Crippen LogP contribution in [0.15, 0.2) is 24.3 Å². The van der Waals surface area contributed by atoms with E-state index in [1.54, 1.807) is 7.11 Å². The second kappa shape index (κ2) is 8.26. The highest BCUT2D eigenvalue weighted by atomic mass is 32.2. The lowest BCUT2D eigenvalue weighted by Crippen LogP contribution is -2.20. The van der Waals surface area contributed by atoms with E-state index in [1.165, 1.54) is 25.7 Å². The van der Waals surface area contributed by atoms with E-state index in [4.69, 9.17) is 4.74 Å².